The van der Waals surface area contributed by atoms with Crippen molar-refractivity contribution in [3.05, 3.63) is 41.5 Å². The summed E-state index contributed by atoms with van der Waals surface area (Å²) in [5.41, 5.74) is 0.108. The zero-order chi connectivity index (χ0) is 16.3. The van der Waals surface area contributed by atoms with E-state index in [1.807, 2.05) is 6.92 Å². The Morgan fingerprint density at radius 2 is 1.73 bits per heavy atom. The topological polar surface area (TPSA) is 107 Å². The number of benzene rings is 2. The van der Waals surface area contributed by atoms with E-state index in [0.717, 1.165) is 6.07 Å². The highest BCUT2D eigenvalue weighted by molar-refractivity contribution is 5.95. The van der Waals surface area contributed by atoms with E-state index in [-0.39, 0.29) is 22.6 Å². The van der Waals surface area contributed by atoms with E-state index in [1.165, 1.54) is 12.1 Å². The smallest absolute Gasteiger partial charge is 0.344 e. The Morgan fingerprint density at radius 3 is 2.36 bits per heavy atom. The van der Waals surface area contributed by atoms with Crippen molar-refractivity contribution in [3.8, 4) is 28.7 Å². The third-order valence-electron chi connectivity index (χ3n) is 3.15. The number of esters is 1. The normalized spacial score (nSPS) is 10.4. The summed E-state index contributed by atoms with van der Waals surface area (Å²) in [6.07, 6.45) is 0.916. The molecule has 0 aromatic heterocycles. The van der Waals surface area contributed by atoms with E-state index in [4.69, 9.17) is 4.74 Å². The number of aromatic hydroxyl groups is 4. The van der Waals surface area contributed by atoms with E-state index in [1.54, 1.807) is 12.1 Å². The van der Waals surface area contributed by atoms with Gasteiger partial charge in [0.15, 0.2) is 23.0 Å². The van der Waals surface area contributed by atoms with Gasteiger partial charge in [-0.25, -0.2) is 4.79 Å². The molecule has 0 spiro atoms. The summed E-state index contributed by atoms with van der Waals surface area (Å²) < 4.78 is 5.08. The third kappa shape index (κ3) is 2.90. The molecule has 0 aliphatic heterocycles. The minimum atomic E-state index is -0.851. The standard InChI is InChI=1S/C16H16O6/c1-2-5-9-10(8-12(18)15(20)14(9)19)16(21)22-13-7-4-3-6-11(13)17/h3-4,6-8,17-20H,2,5H2,1H3. The van der Waals surface area contributed by atoms with Crippen LogP contribution >= 0.6 is 0 Å². The maximum Gasteiger partial charge on any atom is 0.344 e. The molecule has 2 aromatic rings. The summed E-state index contributed by atoms with van der Waals surface area (Å²) in [4.78, 5) is 12.2. The van der Waals surface area contributed by atoms with E-state index in [9.17, 15) is 25.2 Å². The van der Waals surface area contributed by atoms with E-state index in [2.05, 4.69) is 0 Å². The van der Waals surface area contributed by atoms with Gasteiger partial charge in [0.1, 0.15) is 0 Å². The van der Waals surface area contributed by atoms with Crippen molar-refractivity contribution >= 4 is 5.97 Å². The Hall–Kier alpha value is -2.89. The molecule has 0 fully saturated rings. The SMILES string of the molecule is CCCc1c(C(=O)Oc2ccccc2O)cc(O)c(O)c1O. The van der Waals surface area contributed by atoms with Crippen LogP contribution in [-0.2, 0) is 6.42 Å². The molecule has 0 amide bonds. The first kappa shape index (κ1) is 15.5. The average molecular weight is 304 g/mol. The van der Waals surface area contributed by atoms with Crippen LogP contribution in [0.2, 0.25) is 0 Å². The van der Waals surface area contributed by atoms with Gasteiger partial charge in [-0.2, -0.15) is 0 Å². The Balaban J connectivity index is 2.43. The van der Waals surface area contributed by atoms with Crippen molar-refractivity contribution in [2.75, 3.05) is 0 Å². The van der Waals surface area contributed by atoms with Crippen LogP contribution in [0.25, 0.3) is 0 Å². The second kappa shape index (κ2) is 6.26. The van der Waals surface area contributed by atoms with Gasteiger partial charge in [-0.15, -0.1) is 0 Å². The van der Waals surface area contributed by atoms with Crippen LogP contribution in [0, 0.1) is 0 Å². The minimum Gasteiger partial charge on any atom is -0.504 e. The minimum absolute atomic E-state index is 0.0398. The predicted molar refractivity (Wildman–Crippen MR) is 78.5 cm³/mol. The van der Waals surface area contributed by atoms with Crippen molar-refractivity contribution in [1.29, 1.82) is 0 Å². The Morgan fingerprint density at radius 1 is 1.05 bits per heavy atom. The summed E-state index contributed by atoms with van der Waals surface area (Å²) in [5.74, 6) is -2.95. The molecular formula is C16H16O6. The van der Waals surface area contributed by atoms with Crippen LogP contribution in [0.3, 0.4) is 0 Å². The van der Waals surface area contributed by atoms with Crippen molar-refractivity contribution in [1.82, 2.24) is 0 Å². The highest BCUT2D eigenvalue weighted by Gasteiger charge is 2.22. The van der Waals surface area contributed by atoms with E-state index < -0.39 is 23.2 Å². The molecule has 0 radical (unpaired) electrons. The van der Waals surface area contributed by atoms with Gasteiger partial charge in [0.05, 0.1) is 5.56 Å². The summed E-state index contributed by atoms with van der Waals surface area (Å²) in [6, 6.07) is 6.96. The van der Waals surface area contributed by atoms with Crippen LogP contribution in [0.15, 0.2) is 30.3 Å². The molecule has 0 saturated carbocycles. The Kier molecular flexibility index (Phi) is 4.41. The lowest BCUT2D eigenvalue weighted by Crippen LogP contribution is -2.12. The average Bonchev–Trinajstić information content (AvgIpc) is 2.50. The fourth-order valence-corrected chi connectivity index (χ4v) is 2.07. The van der Waals surface area contributed by atoms with Crippen molar-refractivity contribution in [2.24, 2.45) is 0 Å². The van der Waals surface area contributed by atoms with Gasteiger partial charge in [-0.1, -0.05) is 25.5 Å². The Bertz CT molecular complexity index is 708. The lowest BCUT2D eigenvalue weighted by Gasteiger charge is -2.13. The summed E-state index contributed by atoms with van der Waals surface area (Å²) in [7, 11) is 0. The molecule has 22 heavy (non-hydrogen) atoms. The highest BCUT2D eigenvalue weighted by atomic mass is 16.5. The molecule has 0 unspecified atom stereocenters. The predicted octanol–water partition coefficient (Wildman–Crippen LogP) is 2.68. The van der Waals surface area contributed by atoms with Gasteiger partial charge in [-0.3, -0.25) is 0 Å². The van der Waals surface area contributed by atoms with Crippen LogP contribution in [0.5, 0.6) is 28.7 Å². The van der Waals surface area contributed by atoms with Crippen LogP contribution in [0.4, 0.5) is 0 Å². The zero-order valence-electron chi connectivity index (χ0n) is 11.9. The Labute approximate surface area is 126 Å². The molecule has 6 heteroatoms. The van der Waals surface area contributed by atoms with Crippen LogP contribution in [-0.4, -0.2) is 26.4 Å². The molecular weight excluding hydrogens is 288 g/mol. The molecule has 0 aliphatic carbocycles. The number of para-hydroxylation sites is 2. The maximum absolute atomic E-state index is 12.2. The number of hydrogen-bond donors (Lipinski definition) is 4. The molecule has 0 saturated heterocycles. The van der Waals surface area contributed by atoms with Crippen LogP contribution in [0.1, 0.15) is 29.3 Å². The zero-order valence-corrected chi connectivity index (χ0v) is 11.9. The second-order valence-corrected chi connectivity index (χ2v) is 4.73. The van der Waals surface area contributed by atoms with Crippen molar-refractivity contribution < 1.29 is 30.0 Å². The summed E-state index contributed by atoms with van der Waals surface area (Å²) in [5, 5.41) is 38.6. The highest BCUT2D eigenvalue weighted by Crippen LogP contribution is 2.40. The fourth-order valence-electron chi connectivity index (χ4n) is 2.07. The first-order valence-electron chi connectivity index (χ1n) is 6.72. The van der Waals surface area contributed by atoms with Gasteiger partial charge in [0, 0.05) is 5.56 Å². The van der Waals surface area contributed by atoms with Gasteiger partial charge < -0.3 is 25.2 Å². The molecule has 6 nitrogen and oxygen atoms in total. The summed E-state index contributed by atoms with van der Waals surface area (Å²) in [6.45, 7) is 1.83. The number of hydrogen-bond acceptors (Lipinski definition) is 6. The molecule has 0 aliphatic rings. The molecule has 4 N–H and O–H groups in total. The van der Waals surface area contributed by atoms with Gasteiger partial charge in [-0.05, 0) is 24.6 Å². The molecule has 0 atom stereocenters. The molecule has 2 aromatic carbocycles. The third-order valence-corrected chi connectivity index (χ3v) is 3.15. The van der Waals surface area contributed by atoms with Gasteiger partial charge >= 0.3 is 5.97 Å². The lowest BCUT2D eigenvalue weighted by molar-refractivity contribution is 0.0727. The van der Waals surface area contributed by atoms with Gasteiger partial charge in [0.2, 0.25) is 5.75 Å². The molecule has 0 bridgehead atoms. The summed E-state index contributed by atoms with van der Waals surface area (Å²) >= 11 is 0. The first-order chi connectivity index (χ1) is 10.5. The largest absolute Gasteiger partial charge is 0.504 e. The molecule has 116 valence electrons. The van der Waals surface area contributed by atoms with Crippen LogP contribution < -0.4 is 4.74 Å². The monoisotopic (exact) mass is 304 g/mol. The number of phenolic OH excluding ortho intramolecular Hbond substituents is 4. The number of ether oxygens (including phenoxy) is 1. The number of phenols is 4. The number of carbonyl (C=O) groups is 1. The van der Waals surface area contributed by atoms with E-state index >= 15 is 0 Å². The number of rotatable bonds is 4. The van der Waals surface area contributed by atoms with Gasteiger partial charge in [0.25, 0.3) is 0 Å². The van der Waals surface area contributed by atoms with Crippen molar-refractivity contribution in [3.63, 3.8) is 0 Å². The molecule has 0 heterocycles. The second-order valence-electron chi connectivity index (χ2n) is 4.73. The maximum atomic E-state index is 12.2. The van der Waals surface area contributed by atoms with Crippen molar-refractivity contribution in [2.45, 2.75) is 19.8 Å². The van der Waals surface area contributed by atoms with E-state index in [0.29, 0.717) is 12.8 Å². The first-order valence-corrected chi connectivity index (χ1v) is 6.72. The lowest BCUT2D eigenvalue weighted by atomic mass is 10.0. The number of carbonyl (C=O) groups excluding carboxylic acids is 1. The fraction of sp³-hybridized carbons (Fsp3) is 0.188. The molecule has 2 rings (SSSR count). The quantitative estimate of drug-likeness (QED) is 0.393.